The number of hydrogen-bond acceptors (Lipinski definition) is 3. The number of amides is 1. The number of benzene rings is 3. The molecule has 0 heterocycles. The van der Waals surface area contributed by atoms with Gasteiger partial charge in [-0.3, -0.25) is 15.6 Å². The Labute approximate surface area is 157 Å². The number of hydrogen-bond donors (Lipinski definition) is 4. The van der Waals surface area contributed by atoms with Crippen LogP contribution in [0.4, 0.5) is 5.69 Å². The van der Waals surface area contributed by atoms with Crippen LogP contribution >= 0.6 is 12.2 Å². The minimum atomic E-state index is -0.471. The maximum atomic E-state index is 12.4. The Morgan fingerprint density at radius 3 is 2.38 bits per heavy atom. The molecule has 0 unspecified atom stereocenters. The summed E-state index contributed by atoms with van der Waals surface area (Å²) in [5.41, 5.74) is 7.35. The summed E-state index contributed by atoms with van der Waals surface area (Å²) in [4.78, 5) is 12.4. The topological polar surface area (TPSA) is 73.4 Å². The first-order chi connectivity index (χ1) is 12.6. The number of phenols is 1. The molecule has 0 radical (unpaired) electrons. The van der Waals surface area contributed by atoms with Gasteiger partial charge < -0.3 is 10.4 Å². The van der Waals surface area contributed by atoms with Crippen molar-refractivity contribution in [3.63, 3.8) is 0 Å². The van der Waals surface area contributed by atoms with Crippen molar-refractivity contribution < 1.29 is 9.90 Å². The highest BCUT2D eigenvalue weighted by molar-refractivity contribution is 7.80. The molecule has 0 bridgehead atoms. The van der Waals surface area contributed by atoms with Gasteiger partial charge in [0.05, 0.1) is 5.56 Å². The minimum Gasteiger partial charge on any atom is -0.507 e. The number of carbonyl (C=O) groups is 1. The van der Waals surface area contributed by atoms with Crippen molar-refractivity contribution in [1.29, 1.82) is 0 Å². The highest BCUT2D eigenvalue weighted by Crippen LogP contribution is 2.24. The lowest BCUT2D eigenvalue weighted by Crippen LogP contribution is -2.43. The maximum Gasteiger partial charge on any atom is 0.273 e. The Morgan fingerprint density at radius 1 is 1.00 bits per heavy atom. The number of hydrazine groups is 1. The summed E-state index contributed by atoms with van der Waals surface area (Å²) in [5, 5.41) is 15.2. The van der Waals surface area contributed by atoms with Crippen LogP contribution in [-0.4, -0.2) is 16.1 Å². The molecule has 0 saturated heterocycles. The maximum absolute atomic E-state index is 12.4. The summed E-state index contributed by atoms with van der Waals surface area (Å²) >= 11 is 5.22. The number of nitrogens with one attached hydrogen (secondary N) is 3. The summed E-state index contributed by atoms with van der Waals surface area (Å²) in [5.74, 6) is -0.556. The van der Waals surface area contributed by atoms with Crippen molar-refractivity contribution in [2.24, 2.45) is 0 Å². The molecule has 3 rings (SSSR count). The van der Waals surface area contributed by atoms with E-state index in [2.05, 4.69) is 23.1 Å². The first-order valence-electron chi connectivity index (χ1n) is 8.25. The summed E-state index contributed by atoms with van der Waals surface area (Å²) < 4.78 is 0. The van der Waals surface area contributed by atoms with Crippen molar-refractivity contribution in [3.8, 4) is 5.75 Å². The van der Waals surface area contributed by atoms with E-state index in [1.54, 1.807) is 12.1 Å². The standard InChI is InChI=1S/C20H19N3O2S/c1-2-13-7-5-6-10-17(13)21-20(26)23-22-19(25)16-11-14-8-3-4-9-15(14)12-18(16)24/h3-12,24H,2H2,1H3,(H,22,25)(H2,21,23,26). The molecule has 0 aromatic heterocycles. The second-order valence-corrected chi connectivity index (χ2v) is 6.17. The average Bonchev–Trinajstić information content (AvgIpc) is 2.66. The van der Waals surface area contributed by atoms with E-state index in [0.29, 0.717) is 0 Å². The molecule has 26 heavy (non-hydrogen) atoms. The van der Waals surface area contributed by atoms with Crippen LogP contribution in [0.15, 0.2) is 60.7 Å². The van der Waals surface area contributed by atoms with Gasteiger partial charge in [0.25, 0.3) is 5.91 Å². The molecule has 0 aliphatic carbocycles. The van der Waals surface area contributed by atoms with E-state index in [-0.39, 0.29) is 16.4 Å². The lowest BCUT2D eigenvalue weighted by Gasteiger charge is -2.14. The van der Waals surface area contributed by atoms with Crippen molar-refractivity contribution >= 4 is 39.7 Å². The smallest absolute Gasteiger partial charge is 0.273 e. The minimum absolute atomic E-state index is 0.0850. The van der Waals surface area contributed by atoms with Crippen LogP contribution in [0.2, 0.25) is 0 Å². The van der Waals surface area contributed by atoms with Gasteiger partial charge in [-0.2, -0.15) is 0 Å². The monoisotopic (exact) mass is 365 g/mol. The third-order valence-electron chi connectivity index (χ3n) is 4.04. The molecule has 3 aromatic rings. The Kier molecular flexibility index (Phi) is 5.34. The lowest BCUT2D eigenvalue weighted by atomic mass is 10.1. The number of fused-ring (bicyclic) bond motifs is 1. The molecule has 1 amide bonds. The normalized spacial score (nSPS) is 10.3. The van der Waals surface area contributed by atoms with Gasteiger partial charge in [0.1, 0.15) is 5.75 Å². The van der Waals surface area contributed by atoms with E-state index >= 15 is 0 Å². The van der Waals surface area contributed by atoms with E-state index in [9.17, 15) is 9.90 Å². The molecule has 0 fully saturated rings. The number of rotatable bonds is 3. The quantitative estimate of drug-likeness (QED) is 0.420. The Hall–Kier alpha value is -3.12. The molecule has 0 aliphatic rings. The van der Waals surface area contributed by atoms with Gasteiger partial charge in [0.2, 0.25) is 0 Å². The van der Waals surface area contributed by atoms with Crippen LogP contribution in [0, 0.1) is 0 Å². The zero-order valence-corrected chi connectivity index (χ0v) is 15.1. The summed E-state index contributed by atoms with van der Waals surface area (Å²) in [7, 11) is 0. The zero-order valence-electron chi connectivity index (χ0n) is 14.2. The second kappa shape index (κ2) is 7.84. The van der Waals surface area contributed by atoms with Crippen molar-refractivity contribution in [3.05, 3.63) is 71.8 Å². The molecule has 6 heteroatoms. The lowest BCUT2D eigenvalue weighted by molar-refractivity contribution is 0.0941. The van der Waals surface area contributed by atoms with Crippen LogP contribution in [0.25, 0.3) is 10.8 Å². The Bertz CT molecular complexity index is 972. The molecular weight excluding hydrogens is 346 g/mol. The number of para-hydroxylation sites is 1. The first-order valence-corrected chi connectivity index (χ1v) is 8.66. The van der Waals surface area contributed by atoms with Crippen molar-refractivity contribution in [1.82, 2.24) is 10.9 Å². The van der Waals surface area contributed by atoms with Crippen LogP contribution in [0.1, 0.15) is 22.8 Å². The van der Waals surface area contributed by atoms with Crippen molar-refractivity contribution in [2.45, 2.75) is 13.3 Å². The van der Waals surface area contributed by atoms with Crippen LogP contribution in [0.3, 0.4) is 0 Å². The molecular formula is C20H19N3O2S. The molecule has 0 spiro atoms. The average molecular weight is 365 g/mol. The highest BCUT2D eigenvalue weighted by Gasteiger charge is 2.13. The molecule has 4 N–H and O–H groups in total. The van der Waals surface area contributed by atoms with Gasteiger partial charge in [0, 0.05) is 5.69 Å². The fraction of sp³-hybridized carbons (Fsp3) is 0.100. The van der Waals surface area contributed by atoms with Gasteiger partial charge in [-0.25, -0.2) is 0 Å². The predicted molar refractivity (Wildman–Crippen MR) is 108 cm³/mol. The molecule has 5 nitrogen and oxygen atoms in total. The number of thiocarbonyl (C=S) groups is 1. The van der Waals surface area contributed by atoms with Gasteiger partial charge in [-0.1, -0.05) is 49.4 Å². The SMILES string of the molecule is CCc1ccccc1NC(=S)NNC(=O)c1cc2ccccc2cc1O. The van der Waals surface area contributed by atoms with E-state index in [1.807, 2.05) is 48.5 Å². The zero-order chi connectivity index (χ0) is 18.5. The number of carbonyl (C=O) groups excluding carboxylic acids is 1. The van der Waals surface area contributed by atoms with Gasteiger partial charge in [-0.05, 0) is 53.2 Å². The van der Waals surface area contributed by atoms with Crippen molar-refractivity contribution in [2.75, 3.05) is 5.32 Å². The van der Waals surface area contributed by atoms with E-state index in [1.165, 1.54) is 0 Å². The highest BCUT2D eigenvalue weighted by atomic mass is 32.1. The third-order valence-corrected chi connectivity index (χ3v) is 4.25. The second-order valence-electron chi connectivity index (χ2n) is 5.76. The van der Waals surface area contributed by atoms with Gasteiger partial charge in [-0.15, -0.1) is 0 Å². The fourth-order valence-electron chi connectivity index (χ4n) is 2.70. The number of aryl methyl sites for hydroxylation is 1. The van der Waals surface area contributed by atoms with Crippen LogP contribution in [0.5, 0.6) is 5.75 Å². The number of phenolic OH excluding ortho intramolecular Hbond substituents is 1. The summed E-state index contributed by atoms with van der Waals surface area (Å²) in [6.45, 7) is 2.06. The Morgan fingerprint density at radius 2 is 1.65 bits per heavy atom. The summed E-state index contributed by atoms with van der Waals surface area (Å²) in [6, 6.07) is 18.5. The molecule has 3 aromatic carbocycles. The van der Waals surface area contributed by atoms with Crippen LogP contribution in [-0.2, 0) is 6.42 Å². The third kappa shape index (κ3) is 3.92. The molecule has 0 atom stereocenters. The van der Waals surface area contributed by atoms with E-state index < -0.39 is 5.91 Å². The van der Waals surface area contributed by atoms with Gasteiger partial charge in [0.15, 0.2) is 5.11 Å². The predicted octanol–water partition coefficient (Wildman–Crippen LogP) is 3.74. The number of anilines is 1. The summed E-state index contributed by atoms with van der Waals surface area (Å²) in [6.07, 6.45) is 0.864. The number of aromatic hydroxyl groups is 1. The largest absolute Gasteiger partial charge is 0.507 e. The molecule has 0 aliphatic heterocycles. The van der Waals surface area contributed by atoms with E-state index in [0.717, 1.165) is 28.4 Å². The Balaban J connectivity index is 1.67. The van der Waals surface area contributed by atoms with E-state index in [4.69, 9.17) is 12.2 Å². The van der Waals surface area contributed by atoms with Gasteiger partial charge >= 0.3 is 0 Å². The molecule has 0 saturated carbocycles. The fourth-order valence-corrected chi connectivity index (χ4v) is 2.86. The molecule has 132 valence electrons. The first kappa shape index (κ1) is 17.7. The van der Waals surface area contributed by atoms with Crippen LogP contribution < -0.4 is 16.2 Å².